The summed E-state index contributed by atoms with van der Waals surface area (Å²) in [5.74, 6) is -0.784. The predicted molar refractivity (Wildman–Crippen MR) is 95.7 cm³/mol. The Hall–Kier alpha value is -1.79. The van der Waals surface area contributed by atoms with Gasteiger partial charge in [0, 0.05) is 15.1 Å². The highest BCUT2D eigenvalue weighted by atomic mass is 79.9. The standard InChI is InChI=1S/C17H16BrNO3S/c1-23-15-4-2-3-14(10-15)19-16(20)11-22-17(21)9-12-5-7-13(18)8-6-12/h2-8,10H,9,11H2,1H3,(H,19,20). The summed E-state index contributed by atoms with van der Waals surface area (Å²) in [4.78, 5) is 24.6. The largest absolute Gasteiger partial charge is 0.455 e. The van der Waals surface area contributed by atoms with Crippen LogP contribution in [-0.2, 0) is 20.7 Å². The molecule has 0 unspecified atom stereocenters. The van der Waals surface area contributed by atoms with Gasteiger partial charge in [-0.3, -0.25) is 9.59 Å². The minimum absolute atomic E-state index is 0.141. The molecule has 0 heterocycles. The molecule has 0 spiro atoms. The molecule has 0 saturated heterocycles. The average Bonchev–Trinajstić information content (AvgIpc) is 2.55. The van der Waals surface area contributed by atoms with Crippen molar-refractivity contribution in [2.24, 2.45) is 0 Å². The van der Waals surface area contributed by atoms with Crippen LogP contribution in [0.1, 0.15) is 5.56 Å². The van der Waals surface area contributed by atoms with Crippen LogP contribution in [0.5, 0.6) is 0 Å². The highest BCUT2D eigenvalue weighted by molar-refractivity contribution is 9.10. The summed E-state index contributed by atoms with van der Waals surface area (Å²) in [6, 6.07) is 14.9. The molecular weight excluding hydrogens is 378 g/mol. The second kappa shape index (κ2) is 8.74. The van der Waals surface area contributed by atoms with Gasteiger partial charge in [0.2, 0.25) is 0 Å². The molecule has 2 rings (SSSR count). The van der Waals surface area contributed by atoms with Crippen molar-refractivity contribution in [1.82, 2.24) is 0 Å². The van der Waals surface area contributed by atoms with Crippen molar-refractivity contribution in [3.05, 3.63) is 58.6 Å². The number of ether oxygens (including phenoxy) is 1. The fourth-order valence-corrected chi connectivity index (χ4v) is 2.59. The highest BCUT2D eigenvalue weighted by Crippen LogP contribution is 2.18. The lowest BCUT2D eigenvalue weighted by atomic mass is 10.2. The Bertz CT molecular complexity index is 688. The average molecular weight is 394 g/mol. The third-order valence-corrected chi connectivity index (χ3v) is 4.23. The van der Waals surface area contributed by atoms with E-state index in [2.05, 4.69) is 21.2 Å². The molecule has 0 aromatic heterocycles. The first kappa shape index (κ1) is 17.6. The Morgan fingerprint density at radius 3 is 2.61 bits per heavy atom. The summed E-state index contributed by atoms with van der Waals surface area (Å²) in [7, 11) is 0. The van der Waals surface area contributed by atoms with Crippen molar-refractivity contribution in [2.45, 2.75) is 11.3 Å². The van der Waals surface area contributed by atoms with Gasteiger partial charge in [0.25, 0.3) is 5.91 Å². The second-order valence-electron chi connectivity index (χ2n) is 4.74. The van der Waals surface area contributed by atoms with Crippen LogP contribution in [0, 0.1) is 0 Å². The summed E-state index contributed by atoms with van der Waals surface area (Å²) in [5, 5.41) is 2.71. The lowest BCUT2D eigenvalue weighted by Crippen LogP contribution is -2.21. The van der Waals surface area contributed by atoms with Crippen molar-refractivity contribution in [3.63, 3.8) is 0 Å². The van der Waals surface area contributed by atoms with Crippen molar-refractivity contribution in [3.8, 4) is 0 Å². The Labute approximate surface area is 147 Å². The second-order valence-corrected chi connectivity index (χ2v) is 6.54. The fourth-order valence-electron chi connectivity index (χ4n) is 1.86. The first-order valence-corrected chi connectivity index (χ1v) is 8.92. The maximum Gasteiger partial charge on any atom is 0.310 e. The smallest absolute Gasteiger partial charge is 0.310 e. The normalized spacial score (nSPS) is 10.2. The van der Waals surface area contributed by atoms with Gasteiger partial charge in [-0.15, -0.1) is 11.8 Å². The van der Waals surface area contributed by atoms with Gasteiger partial charge in [0.15, 0.2) is 6.61 Å². The van der Waals surface area contributed by atoms with Gasteiger partial charge >= 0.3 is 5.97 Å². The van der Waals surface area contributed by atoms with Crippen molar-refractivity contribution in [1.29, 1.82) is 0 Å². The molecule has 23 heavy (non-hydrogen) atoms. The number of carbonyl (C=O) groups excluding carboxylic acids is 2. The van der Waals surface area contributed by atoms with E-state index in [1.807, 2.05) is 48.7 Å². The maximum absolute atomic E-state index is 11.8. The van der Waals surface area contributed by atoms with Crippen LogP contribution < -0.4 is 5.32 Å². The number of nitrogens with one attached hydrogen (secondary N) is 1. The fraction of sp³-hybridized carbons (Fsp3) is 0.176. The molecule has 0 atom stereocenters. The van der Waals surface area contributed by atoms with Gasteiger partial charge in [-0.1, -0.05) is 34.1 Å². The molecule has 0 saturated carbocycles. The van der Waals surface area contributed by atoms with E-state index >= 15 is 0 Å². The van der Waals surface area contributed by atoms with Crippen LogP contribution in [0.4, 0.5) is 5.69 Å². The molecule has 0 fully saturated rings. The van der Waals surface area contributed by atoms with Crippen LogP contribution in [0.3, 0.4) is 0 Å². The molecule has 0 aliphatic heterocycles. The predicted octanol–water partition coefficient (Wildman–Crippen LogP) is 3.90. The Morgan fingerprint density at radius 2 is 1.91 bits per heavy atom. The highest BCUT2D eigenvalue weighted by Gasteiger charge is 2.09. The van der Waals surface area contributed by atoms with E-state index in [9.17, 15) is 9.59 Å². The number of anilines is 1. The Balaban J connectivity index is 1.79. The number of benzene rings is 2. The summed E-state index contributed by atoms with van der Waals surface area (Å²) in [6.45, 7) is -0.293. The van der Waals surface area contributed by atoms with E-state index in [0.29, 0.717) is 5.69 Å². The zero-order chi connectivity index (χ0) is 16.7. The maximum atomic E-state index is 11.8. The van der Waals surface area contributed by atoms with Gasteiger partial charge in [-0.25, -0.2) is 0 Å². The molecule has 0 aliphatic rings. The van der Waals surface area contributed by atoms with E-state index in [1.54, 1.807) is 17.8 Å². The summed E-state index contributed by atoms with van der Waals surface area (Å²) < 4.78 is 5.94. The van der Waals surface area contributed by atoms with Crippen molar-refractivity contribution >= 4 is 45.3 Å². The number of amides is 1. The molecule has 0 bridgehead atoms. The topological polar surface area (TPSA) is 55.4 Å². The van der Waals surface area contributed by atoms with Gasteiger partial charge in [-0.2, -0.15) is 0 Å². The van der Waals surface area contributed by atoms with E-state index in [4.69, 9.17) is 4.74 Å². The summed E-state index contributed by atoms with van der Waals surface area (Å²) in [6.07, 6.45) is 2.10. The quantitative estimate of drug-likeness (QED) is 0.597. The molecule has 4 nitrogen and oxygen atoms in total. The van der Waals surface area contributed by atoms with Crippen LogP contribution in [0.2, 0.25) is 0 Å². The molecule has 2 aromatic rings. The van der Waals surface area contributed by atoms with E-state index < -0.39 is 5.97 Å². The monoisotopic (exact) mass is 393 g/mol. The Morgan fingerprint density at radius 1 is 1.17 bits per heavy atom. The molecule has 0 aliphatic carbocycles. The third kappa shape index (κ3) is 6.08. The minimum Gasteiger partial charge on any atom is -0.455 e. The molecule has 120 valence electrons. The Kier molecular flexibility index (Phi) is 6.67. The van der Waals surface area contributed by atoms with Crippen LogP contribution >= 0.6 is 27.7 Å². The molecule has 2 aromatic carbocycles. The van der Waals surface area contributed by atoms with Gasteiger partial charge in [0.05, 0.1) is 6.42 Å². The van der Waals surface area contributed by atoms with Crippen LogP contribution in [0.25, 0.3) is 0 Å². The number of halogens is 1. The summed E-state index contributed by atoms with van der Waals surface area (Å²) in [5.41, 5.74) is 1.53. The van der Waals surface area contributed by atoms with Crippen molar-refractivity contribution < 1.29 is 14.3 Å². The van der Waals surface area contributed by atoms with Crippen molar-refractivity contribution in [2.75, 3.05) is 18.2 Å². The molecule has 1 N–H and O–H groups in total. The third-order valence-electron chi connectivity index (χ3n) is 2.98. The number of carbonyl (C=O) groups is 2. The van der Waals surface area contributed by atoms with Gasteiger partial charge < -0.3 is 10.1 Å². The lowest BCUT2D eigenvalue weighted by Gasteiger charge is -2.07. The van der Waals surface area contributed by atoms with Gasteiger partial charge in [0.1, 0.15) is 0 Å². The number of hydrogen-bond acceptors (Lipinski definition) is 4. The zero-order valence-corrected chi connectivity index (χ0v) is 14.9. The van der Waals surface area contributed by atoms with E-state index in [1.165, 1.54) is 0 Å². The number of esters is 1. The molecular formula is C17H16BrNO3S. The minimum atomic E-state index is -0.430. The SMILES string of the molecule is CSc1cccc(NC(=O)COC(=O)Cc2ccc(Br)cc2)c1. The number of thioether (sulfide) groups is 1. The number of hydrogen-bond donors (Lipinski definition) is 1. The first-order chi connectivity index (χ1) is 11.1. The lowest BCUT2D eigenvalue weighted by molar-refractivity contribution is -0.146. The first-order valence-electron chi connectivity index (χ1n) is 6.91. The molecule has 6 heteroatoms. The van der Waals surface area contributed by atoms with Crippen LogP contribution in [0.15, 0.2) is 57.9 Å². The van der Waals surface area contributed by atoms with E-state index in [0.717, 1.165) is 14.9 Å². The molecule has 1 amide bonds. The van der Waals surface area contributed by atoms with Crippen LogP contribution in [-0.4, -0.2) is 24.7 Å². The molecule has 0 radical (unpaired) electrons. The summed E-state index contributed by atoms with van der Waals surface area (Å²) >= 11 is 4.92. The zero-order valence-electron chi connectivity index (χ0n) is 12.5. The van der Waals surface area contributed by atoms with Gasteiger partial charge in [-0.05, 0) is 42.2 Å². The number of rotatable bonds is 6. The van der Waals surface area contributed by atoms with E-state index in [-0.39, 0.29) is 18.9 Å².